The molecule has 3 rings (SSSR count). The zero-order valence-electron chi connectivity index (χ0n) is 14.2. The van der Waals surface area contributed by atoms with Gasteiger partial charge in [-0.3, -0.25) is 19.3 Å². The predicted octanol–water partition coefficient (Wildman–Crippen LogP) is 1.13. The van der Waals surface area contributed by atoms with Crippen LogP contribution in [0.15, 0.2) is 24.3 Å². The van der Waals surface area contributed by atoms with E-state index in [1.807, 2.05) is 6.92 Å². The fourth-order valence-electron chi connectivity index (χ4n) is 2.93. The highest BCUT2D eigenvalue weighted by Gasteiger charge is 2.41. The van der Waals surface area contributed by atoms with Gasteiger partial charge in [0.15, 0.2) is 6.61 Å². The molecule has 2 aliphatic rings. The summed E-state index contributed by atoms with van der Waals surface area (Å²) >= 11 is 0. The monoisotopic (exact) mass is 344 g/mol. The lowest BCUT2D eigenvalue weighted by molar-refractivity contribution is -0.152. The second kappa shape index (κ2) is 6.66. The molecule has 0 saturated heterocycles. The molecule has 132 valence electrons. The maximum absolute atomic E-state index is 12.3. The van der Waals surface area contributed by atoms with Crippen LogP contribution >= 0.6 is 0 Å². The van der Waals surface area contributed by atoms with Crippen molar-refractivity contribution in [2.45, 2.75) is 38.8 Å². The van der Waals surface area contributed by atoms with E-state index in [-0.39, 0.29) is 23.1 Å². The van der Waals surface area contributed by atoms with Gasteiger partial charge in [-0.2, -0.15) is 0 Å². The molecule has 1 aromatic rings. The lowest BCUT2D eigenvalue weighted by Crippen LogP contribution is -2.45. The molecule has 7 nitrogen and oxygen atoms in total. The van der Waals surface area contributed by atoms with Crippen molar-refractivity contribution >= 4 is 23.7 Å². The normalized spacial score (nSPS) is 18.6. The molecule has 0 unspecified atom stereocenters. The van der Waals surface area contributed by atoms with E-state index < -0.39 is 30.4 Å². The highest BCUT2D eigenvalue weighted by atomic mass is 16.5. The lowest BCUT2D eigenvalue weighted by atomic mass is 10.1. The quantitative estimate of drug-likeness (QED) is 0.617. The fraction of sp³-hybridized carbons (Fsp3) is 0.444. The van der Waals surface area contributed by atoms with Gasteiger partial charge in [-0.1, -0.05) is 12.1 Å². The first kappa shape index (κ1) is 17.1. The Kier molecular flexibility index (Phi) is 4.57. The predicted molar refractivity (Wildman–Crippen MR) is 87.7 cm³/mol. The summed E-state index contributed by atoms with van der Waals surface area (Å²) < 4.78 is 4.98. The Morgan fingerprint density at radius 2 is 1.72 bits per heavy atom. The first-order chi connectivity index (χ1) is 11.9. The first-order valence-corrected chi connectivity index (χ1v) is 8.33. The Hall–Kier alpha value is -2.70. The van der Waals surface area contributed by atoms with Crippen molar-refractivity contribution in [1.82, 2.24) is 10.2 Å². The maximum Gasteiger partial charge on any atom is 0.329 e. The van der Waals surface area contributed by atoms with Gasteiger partial charge in [0.2, 0.25) is 0 Å². The minimum atomic E-state index is -1.10. The molecule has 0 bridgehead atoms. The number of hydrogen-bond acceptors (Lipinski definition) is 5. The molecule has 0 aromatic heterocycles. The zero-order chi connectivity index (χ0) is 18.1. The molecular weight excluding hydrogens is 324 g/mol. The van der Waals surface area contributed by atoms with E-state index in [4.69, 9.17) is 4.74 Å². The number of rotatable bonds is 6. The van der Waals surface area contributed by atoms with Crippen LogP contribution in [0.25, 0.3) is 0 Å². The van der Waals surface area contributed by atoms with E-state index >= 15 is 0 Å². The standard InChI is InChI=1S/C18H20N2O5/c1-10(12-7-8-12)19-15(21)9-25-18(24)11(2)20-16(22)13-5-3-4-6-14(13)17(20)23/h3-6,10-12H,7-9H2,1-2H3,(H,19,21)/t10-,11+/m0/s1. The van der Waals surface area contributed by atoms with Crippen LogP contribution in [0.1, 0.15) is 47.4 Å². The summed E-state index contributed by atoms with van der Waals surface area (Å²) in [7, 11) is 0. The van der Waals surface area contributed by atoms with E-state index in [0.29, 0.717) is 5.92 Å². The maximum atomic E-state index is 12.3. The van der Waals surface area contributed by atoms with E-state index in [1.54, 1.807) is 24.3 Å². The zero-order valence-corrected chi connectivity index (χ0v) is 14.2. The van der Waals surface area contributed by atoms with Crippen molar-refractivity contribution in [3.8, 4) is 0 Å². The van der Waals surface area contributed by atoms with Crippen LogP contribution in [-0.2, 0) is 14.3 Å². The van der Waals surface area contributed by atoms with E-state index in [1.165, 1.54) is 6.92 Å². The molecule has 1 aliphatic heterocycles. The third kappa shape index (κ3) is 3.40. The van der Waals surface area contributed by atoms with Crippen LogP contribution in [0.4, 0.5) is 0 Å². The summed E-state index contributed by atoms with van der Waals surface area (Å²) in [5.74, 6) is -1.74. The van der Waals surface area contributed by atoms with Crippen molar-refractivity contribution in [1.29, 1.82) is 0 Å². The van der Waals surface area contributed by atoms with Gasteiger partial charge < -0.3 is 10.1 Å². The second-order valence-electron chi connectivity index (χ2n) is 6.50. The number of benzene rings is 1. The third-order valence-corrected chi connectivity index (χ3v) is 4.62. The van der Waals surface area contributed by atoms with Crippen molar-refractivity contribution in [2.24, 2.45) is 5.92 Å². The molecule has 3 amide bonds. The minimum absolute atomic E-state index is 0.0554. The molecule has 1 saturated carbocycles. The molecule has 1 aromatic carbocycles. The number of amides is 3. The Balaban J connectivity index is 1.57. The summed E-state index contributed by atoms with van der Waals surface area (Å²) in [6.07, 6.45) is 2.19. The fourth-order valence-corrected chi connectivity index (χ4v) is 2.93. The van der Waals surface area contributed by atoms with Gasteiger partial charge in [0, 0.05) is 6.04 Å². The van der Waals surface area contributed by atoms with Crippen LogP contribution in [0.2, 0.25) is 0 Å². The summed E-state index contributed by atoms with van der Waals surface area (Å²) in [5.41, 5.74) is 0.534. The van der Waals surface area contributed by atoms with E-state index in [2.05, 4.69) is 5.32 Å². The Morgan fingerprint density at radius 3 is 2.24 bits per heavy atom. The lowest BCUT2D eigenvalue weighted by Gasteiger charge is -2.21. The first-order valence-electron chi connectivity index (χ1n) is 8.33. The van der Waals surface area contributed by atoms with Gasteiger partial charge >= 0.3 is 5.97 Å². The van der Waals surface area contributed by atoms with Crippen LogP contribution in [0, 0.1) is 5.92 Å². The third-order valence-electron chi connectivity index (χ3n) is 4.62. The second-order valence-corrected chi connectivity index (χ2v) is 6.50. The van der Waals surface area contributed by atoms with Crippen molar-refractivity contribution in [2.75, 3.05) is 6.61 Å². The average Bonchev–Trinajstić information content (AvgIpc) is 3.41. The van der Waals surface area contributed by atoms with Crippen LogP contribution in [-0.4, -0.2) is 47.3 Å². The van der Waals surface area contributed by atoms with Gasteiger partial charge in [0.25, 0.3) is 17.7 Å². The number of carbonyl (C=O) groups excluding carboxylic acids is 4. The summed E-state index contributed by atoms with van der Waals surface area (Å²) in [6.45, 7) is 2.90. The van der Waals surface area contributed by atoms with Gasteiger partial charge in [-0.25, -0.2) is 4.79 Å². The Bertz CT molecular complexity index is 706. The average molecular weight is 344 g/mol. The van der Waals surface area contributed by atoms with Gasteiger partial charge in [-0.15, -0.1) is 0 Å². The van der Waals surface area contributed by atoms with E-state index in [9.17, 15) is 19.2 Å². The molecule has 2 atom stereocenters. The number of ether oxygens (including phenoxy) is 1. The molecule has 1 aliphatic carbocycles. The van der Waals surface area contributed by atoms with Gasteiger partial charge in [-0.05, 0) is 44.7 Å². The molecule has 7 heteroatoms. The molecule has 0 spiro atoms. The molecule has 1 heterocycles. The smallest absolute Gasteiger partial charge is 0.329 e. The molecule has 1 N–H and O–H groups in total. The highest BCUT2D eigenvalue weighted by Crippen LogP contribution is 2.32. The van der Waals surface area contributed by atoms with Gasteiger partial charge in [0.05, 0.1) is 11.1 Å². The number of imide groups is 1. The van der Waals surface area contributed by atoms with Crippen LogP contribution in [0.3, 0.4) is 0 Å². The SMILES string of the molecule is C[C@H](NC(=O)COC(=O)[C@@H](C)N1C(=O)c2ccccc2C1=O)C1CC1. The number of esters is 1. The highest BCUT2D eigenvalue weighted by molar-refractivity contribution is 6.22. The molecule has 25 heavy (non-hydrogen) atoms. The minimum Gasteiger partial charge on any atom is -0.454 e. The number of nitrogens with zero attached hydrogens (tertiary/aromatic N) is 1. The van der Waals surface area contributed by atoms with Crippen molar-refractivity contribution in [3.63, 3.8) is 0 Å². The van der Waals surface area contributed by atoms with Crippen molar-refractivity contribution in [3.05, 3.63) is 35.4 Å². The van der Waals surface area contributed by atoms with Crippen LogP contribution < -0.4 is 5.32 Å². The molecular formula is C18H20N2O5. The topological polar surface area (TPSA) is 92.8 Å². The number of fused-ring (bicyclic) bond motifs is 1. The number of hydrogen-bond donors (Lipinski definition) is 1. The number of carbonyl (C=O) groups is 4. The number of nitrogens with one attached hydrogen (secondary N) is 1. The summed E-state index contributed by atoms with van der Waals surface area (Å²) in [6, 6.07) is 5.35. The van der Waals surface area contributed by atoms with Crippen molar-refractivity contribution < 1.29 is 23.9 Å². The Labute approximate surface area is 145 Å². The Morgan fingerprint density at radius 1 is 1.16 bits per heavy atom. The van der Waals surface area contributed by atoms with Gasteiger partial charge in [0.1, 0.15) is 6.04 Å². The molecule has 1 fully saturated rings. The van der Waals surface area contributed by atoms with E-state index in [0.717, 1.165) is 17.7 Å². The largest absolute Gasteiger partial charge is 0.454 e. The summed E-state index contributed by atoms with van der Waals surface area (Å²) in [5, 5.41) is 2.77. The summed E-state index contributed by atoms with van der Waals surface area (Å²) in [4.78, 5) is 49.5. The van der Waals surface area contributed by atoms with Crippen LogP contribution in [0.5, 0.6) is 0 Å². The molecule has 0 radical (unpaired) electrons.